The summed E-state index contributed by atoms with van der Waals surface area (Å²) in [6, 6.07) is 8.50. The van der Waals surface area contributed by atoms with E-state index in [2.05, 4.69) is 22.9 Å². The minimum Gasteiger partial charge on any atom is -0.299 e. The molecule has 1 aromatic rings. The SMILES string of the molecule is N#Cc1ccc(C=C2C(=O)NC(=S)NC2=O)cc1. The molecule has 0 aliphatic carbocycles. The van der Waals surface area contributed by atoms with Crippen LogP contribution in [0, 0.1) is 11.3 Å². The molecule has 88 valence electrons. The first-order valence-electron chi connectivity index (χ1n) is 4.98. The number of benzene rings is 1. The average Bonchev–Trinajstić information content (AvgIpc) is 2.34. The van der Waals surface area contributed by atoms with Crippen molar-refractivity contribution in [1.29, 1.82) is 5.26 Å². The quantitative estimate of drug-likeness (QED) is 0.435. The second kappa shape index (κ2) is 4.77. The molecule has 0 unspecified atom stereocenters. The van der Waals surface area contributed by atoms with Crippen LogP contribution in [0.2, 0.25) is 0 Å². The Morgan fingerprint density at radius 1 is 1.11 bits per heavy atom. The van der Waals surface area contributed by atoms with Crippen LogP contribution < -0.4 is 10.6 Å². The molecule has 18 heavy (non-hydrogen) atoms. The summed E-state index contributed by atoms with van der Waals surface area (Å²) < 4.78 is 0. The van der Waals surface area contributed by atoms with Gasteiger partial charge in [-0.15, -0.1) is 0 Å². The van der Waals surface area contributed by atoms with Gasteiger partial charge in [0, 0.05) is 0 Å². The standard InChI is InChI=1S/C12H7N3O2S/c13-6-8-3-1-7(2-4-8)5-9-10(16)14-12(18)15-11(9)17/h1-5H,(H2,14,15,16,17,18). The van der Waals surface area contributed by atoms with Gasteiger partial charge in [-0.1, -0.05) is 12.1 Å². The van der Waals surface area contributed by atoms with Gasteiger partial charge in [-0.2, -0.15) is 5.26 Å². The topological polar surface area (TPSA) is 82.0 Å². The molecule has 0 radical (unpaired) electrons. The molecule has 2 amide bonds. The Balaban J connectivity index is 2.32. The summed E-state index contributed by atoms with van der Waals surface area (Å²) >= 11 is 4.68. The Hall–Kier alpha value is -2.52. The van der Waals surface area contributed by atoms with Gasteiger partial charge >= 0.3 is 0 Å². The highest BCUT2D eigenvalue weighted by Gasteiger charge is 2.25. The Kier molecular flexibility index (Phi) is 3.17. The lowest BCUT2D eigenvalue weighted by atomic mass is 10.1. The maximum absolute atomic E-state index is 11.6. The summed E-state index contributed by atoms with van der Waals surface area (Å²) in [7, 11) is 0. The Labute approximate surface area is 108 Å². The Bertz CT molecular complexity index is 589. The second-order valence-corrected chi connectivity index (χ2v) is 3.94. The third-order valence-corrected chi connectivity index (χ3v) is 2.50. The lowest BCUT2D eigenvalue weighted by Crippen LogP contribution is -2.51. The number of nitrogens with zero attached hydrogens (tertiary/aromatic N) is 1. The van der Waals surface area contributed by atoms with Gasteiger partial charge in [-0.05, 0) is 36.0 Å². The number of thiocarbonyl (C=S) groups is 1. The second-order valence-electron chi connectivity index (χ2n) is 3.53. The molecule has 0 spiro atoms. The Morgan fingerprint density at radius 2 is 1.67 bits per heavy atom. The van der Waals surface area contributed by atoms with E-state index in [0.29, 0.717) is 11.1 Å². The van der Waals surface area contributed by atoms with Crippen LogP contribution in [-0.4, -0.2) is 16.9 Å². The molecular weight excluding hydrogens is 250 g/mol. The zero-order chi connectivity index (χ0) is 13.1. The third-order valence-electron chi connectivity index (χ3n) is 2.29. The fourth-order valence-electron chi connectivity index (χ4n) is 1.43. The van der Waals surface area contributed by atoms with Gasteiger partial charge in [0.15, 0.2) is 5.11 Å². The van der Waals surface area contributed by atoms with Gasteiger partial charge < -0.3 is 0 Å². The molecule has 1 saturated heterocycles. The maximum Gasteiger partial charge on any atom is 0.263 e. The largest absolute Gasteiger partial charge is 0.299 e. The lowest BCUT2D eigenvalue weighted by molar-refractivity contribution is -0.123. The van der Waals surface area contributed by atoms with Gasteiger partial charge in [-0.3, -0.25) is 20.2 Å². The van der Waals surface area contributed by atoms with Crippen molar-refractivity contribution in [2.24, 2.45) is 0 Å². The van der Waals surface area contributed by atoms with Crippen LogP contribution in [0.15, 0.2) is 29.8 Å². The normalized spacial score (nSPS) is 14.6. The van der Waals surface area contributed by atoms with Gasteiger partial charge in [0.2, 0.25) is 0 Å². The summed E-state index contributed by atoms with van der Waals surface area (Å²) in [6.07, 6.45) is 1.44. The van der Waals surface area contributed by atoms with E-state index >= 15 is 0 Å². The van der Waals surface area contributed by atoms with E-state index in [9.17, 15) is 9.59 Å². The van der Waals surface area contributed by atoms with Crippen molar-refractivity contribution in [2.45, 2.75) is 0 Å². The summed E-state index contributed by atoms with van der Waals surface area (Å²) in [4.78, 5) is 23.1. The fourth-order valence-corrected chi connectivity index (χ4v) is 1.61. The first-order chi connectivity index (χ1) is 8.60. The zero-order valence-corrected chi connectivity index (χ0v) is 9.88. The molecule has 1 aromatic carbocycles. The van der Waals surface area contributed by atoms with Crippen LogP contribution in [0.4, 0.5) is 0 Å². The molecule has 0 aromatic heterocycles. The lowest BCUT2D eigenvalue weighted by Gasteiger charge is -2.16. The van der Waals surface area contributed by atoms with Crippen molar-refractivity contribution in [3.05, 3.63) is 41.0 Å². The summed E-state index contributed by atoms with van der Waals surface area (Å²) in [5.74, 6) is -1.07. The van der Waals surface area contributed by atoms with Crippen LogP contribution in [0.5, 0.6) is 0 Å². The predicted octanol–water partition coefficient (Wildman–Crippen LogP) is 0.473. The van der Waals surface area contributed by atoms with Crippen LogP contribution in [0.25, 0.3) is 6.08 Å². The molecule has 0 saturated carbocycles. The molecule has 5 nitrogen and oxygen atoms in total. The first-order valence-corrected chi connectivity index (χ1v) is 5.39. The predicted molar refractivity (Wildman–Crippen MR) is 68.0 cm³/mol. The number of nitriles is 1. The molecule has 1 fully saturated rings. The van der Waals surface area contributed by atoms with E-state index in [4.69, 9.17) is 5.26 Å². The van der Waals surface area contributed by atoms with Crippen LogP contribution in [0.3, 0.4) is 0 Å². The van der Waals surface area contributed by atoms with Crippen LogP contribution >= 0.6 is 12.2 Å². The molecule has 1 heterocycles. The van der Waals surface area contributed by atoms with E-state index in [1.165, 1.54) is 6.08 Å². The van der Waals surface area contributed by atoms with Crippen molar-refractivity contribution in [2.75, 3.05) is 0 Å². The third kappa shape index (κ3) is 2.42. The van der Waals surface area contributed by atoms with Gasteiger partial charge in [0.05, 0.1) is 11.6 Å². The number of nitrogens with one attached hydrogen (secondary N) is 2. The van der Waals surface area contributed by atoms with Crippen molar-refractivity contribution in [3.63, 3.8) is 0 Å². The highest BCUT2D eigenvalue weighted by molar-refractivity contribution is 7.80. The van der Waals surface area contributed by atoms with Crippen LogP contribution in [0.1, 0.15) is 11.1 Å². The number of hydrogen-bond acceptors (Lipinski definition) is 4. The molecule has 1 aliphatic rings. The van der Waals surface area contributed by atoms with Gasteiger partial charge in [-0.25, -0.2) is 0 Å². The van der Waals surface area contributed by atoms with Crippen molar-refractivity contribution < 1.29 is 9.59 Å². The van der Waals surface area contributed by atoms with Crippen molar-refractivity contribution in [3.8, 4) is 6.07 Å². The van der Waals surface area contributed by atoms with Crippen molar-refractivity contribution >= 4 is 35.2 Å². The molecule has 2 rings (SSSR count). The minimum atomic E-state index is -0.534. The van der Waals surface area contributed by atoms with Crippen LogP contribution in [-0.2, 0) is 9.59 Å². The molecule has 0 bridgehead atoms. The van der Waals surface area contributed by atoms with Gasteiger partial charge in [0.1, 0.15) is 5.57 Å². The Morgan fingerprint density at radius 3 is 2.17 bits per heavy atom. The van der Waals surface area contributed by atoms with E-state index in [-0.39, 0.29) is 10.7 Å². The summed E-state index contributed by atoms with van der Waals surface area (Å²) in [5, 5.41) is 13.3. The number of carbonyl (C=O) groups is 2. The minimum absolute atomic E-state index is 0.00183. The smallest absolute Gasteiger partial charge is 0.263 e. The van der Waals surface area contributed by atoms with E-state index < -0.39 is 11.8 Å². The van der Waals surface area contributed by atoms with E-state index in [1.807, 2.05) is 6.07 Å². The molecule has 2 N–H and O–H groups in total. The molecular formula is C12H7N3O2S. The maximum atomic E-state index is 11.6. The van der Waals surface area contributed by atoms with E-state index in [0.717, 1.165) is 0 Å². The summed E-state index contributed by atoms with van der Waals surface area (Å²) in [5.41, 5.74) is 1.14. The van der Waals surface area contributed by atoms with Crippen molar-refractivity contribution in [1.82, 2.24) is 10.6 Å². The van der Waals surface area contributed by atoms with Gasteiger partial charge in [0.25, 0.3) is 11.8 Å². The van der Waals surface area contributed by atoms with E-state index in [1.54, 1.807) is 24.3 Å². The number of amides is 2. The molecule has 1 aliphatic heterocycles. The molecule has 6 heteroatoms. The summed E-state index contributed by atoms with van der Waals surface area (Å²) in [6.45, 7) is 0. The molecule has 0 atom stereocenters. The highest BCUT2D eigenvalue weighted by atomic mass is 32.1. The number of carbonyl (C=O) groups excluding carboxylic acids is 2. The first kappa shape index (κ1) is 12.0. The highest BCUT2D eigenvalue weighted by Crippen LogP contribution is 2.10. The monoisotopic (exact) mass is 257 g/mol. The number of hydrogen-bond donors (Lipinski definition) is 2. The zero-order valence-electron chi connectivity index (χ0n) is 9.06. The number of rotatable bonds is 1. The average molecular weight is 257 g/mol. The fraction of sp³-hybridized carbons (Fsp3) is 0.